The molecule has 0 bridgehead atoms. The Bertz CT molecular complexity index is 452. The summed E-state index contributed by atoms with van der Waals surface area (Å²) in [5.74, 6) is -0.258. The van der Waals surface area contributed by atoms with Gasteiger partial charge >= 0.3 is 0 Å². The quantitative estimate of drug-likeness (QED) is 0.704. The minimum Gasteiger partial charge on any atom is -0.484 e. The van der Waals surface area contributed by atoms with E-state index in [2.05, 4.69) is 0 Å². The molecule has 15 heavy (non-hydrogen) atoms. The molecule has 4 N–H and O–H groups in total. The van der Waals surface area contributed by atoms with Crippen molar-refractivity contribution in [2.24, 2.45) is 10.9 Å². The number of carbonyl (C=O) groups excluding carboxylic acids is 1. The van der Waals surface area contributed by atoms with Crippen LogP contribution in [0, 0.1) is 0 Å². The van der Waals surface area contributed by atoms with Crippen LogP contribution in [0.1, 0.15) is 0 Å². The molecule has 6 nitrogen and oxygen atoms in total. The van der Waals surface area contributed by atoms with Gasteiger partial charge in [-0.15, -0.1) is 0 Å². The minimum absolute atomic E-state index is 0.0195. The molecule has 0 aliphatic heterocycles. The second-order valence-corrected chi connectivity index (χ2v) is 4.33. The highest BCUT2D eigenvalue weighted by Gasteiger charge is 2.07. The van der Waals surface area contributed by atoms with E-state index < -0.39 is 15.9 Å². The molecule has 0 spiro atoms. The number of carbonyl (C=O) groups is 1. The number of rotatable bonds is 4. The zero-order chi connectivity index (χ0) is 11.5. The highest BCUT2D eigenvalue weighted by molar-refractivity contribution is 7.89. The number of hydrogen-bond donors (Lipinski definition) is 2. The van der Waals surface area contributed by atoms with Gasteiger partial charge in [-0.05, 0) is 24.3 Å². The van der Waals surface area contributed by atoms with E-state index in [4.69, 9.17) is 15.6 Å². The van der Waals surface area contributed by atoms with E-state index in [0.29, 0.717) is 5.75 Å². The van der Waals surface area contributed by atoms with Gasteiger partial charge in [0.05, 0.1) is 4.90 Å². The van der Waals surface area contributed by atoms with Crippen molar-refractivity contribution >= 4 is 15.9 Å². The molecule has 0 aliphatic carbocycles. The van der Waals surface area contributed by atoms with Crippen molar-refractivity contribution in [3.05, 3.63) is 24.3 Å². The van der Waals surface area contributed by atoms with E-state index in [0.717, 1.165) is 0 Å². The Morgan fingerprint density at radius 1 is 1.27 bits per heavy atom. The second-order valence-electron chi connectivity index (χ2n) is 2.77. The van der Waals surface area contributed by atoms with Gasteiger partial charge in [0, 0.05) is 0 Å². The summed E-state index contributed by atoms with van der Waals surface area (Å²) in [5, 5.41) is 4.89. The van der Waals surface area contributed by atoms with Crippen LogP contribution in [0.5, 0.6) is 5.75 Å². The molecule has 1 aromatic rings. The van der Waals surface area contributed by atoms with Crippen molar-refractivity contribution in [2.75, 3.05) is 6.61 Å². The van der Waals surface area contributed by atoms with Gasteiger partial charge in [-0.3, -0.25) is 4.79 Å². The molecule has 0 atom stereocenters. The molecule has 0 fully saturated rings. The number of benzene rings is 1. The van der Waals surface area contributed by atoms with Crippen molar-refractivity contribution in [1.29, 1.82) is 0 Å². The van der Waals surface area contributed by atoms with Crippen molar-refractivity contribution in [1.82, 2.24) is 0 Å². The smallest absolute Gasteiger partial charge is 0.255 e. The van der Waals surface area contributed by atoms with E-state index in [1.165, 1.54) is 24.3 Å². The lowest BCUT2D eigenvalue weighted by molar-refractivity contribution is -0.119. The molecule has 1 rings (SSSR count). The fourth-order valence-corrected chi connectivity index (χ4v) is 1.40. The fourth-order valence-electron chi connectivity index (χ4n) is 0.880. The third-order valence-corrected chi connectivity index (χ3v) is 2.46. The third-order valence-electron chi connectivity index (χ3n) is 1.53. The second kappa shape index (κ2) is 4.28. The van der Waals surface area contributed by atoms with Crippen LogP contribution in [-0.4, -0.2) is 20.9 Å². The number of primary amides is 1. The molecule has 0 saturated carbocycles. The van der Waals surface area contributed by atoms with E-state index in [-0.39, 0.29) is 11.5 Å². The number of primary sulfonamides is 1. The molecule has 7 heteroatoms. The average molecular weight is 230 g/mol. The molecule has 0 unspecified atom stereocenters. The topological polar surface area (TPSA) is 112 Å². The first kappa shape index (κ1) is 11.5. The van der Waals surface area contributed by atoms with E-state index in [1.54, 1.807) is 0 Å². The largest absolute Gasteiger partial charge is 0.484 e. The maximum Gasteiger partial charge on any atom is 0.255 e. The summed E-state index contributed by atoms with van der Waals surface area (Å²) in [6.07, 6.45) is 0. The first-order chi connectivity index (χ1) is 6.89. The standard InChI is InChI=1S/C8H10N2O4S/c9-8(11)5-14-6-1-3-7(4-2-6)15(10,12)13/h1-4H,5H2,(H2,9,11)(H2,10,12,13). The van der Waals surface area contributed by atoms with E-state index in [9.17, 15) is 13.2 Å². The molecular weight excluding hydrogens is 220 g/mol. The first-order valence-corrected chi connectivity index (χ1v) is 5.48. The maximum atomic E-state index is 10.9. The Morgan fingerprint density at radius 3 is 2.20 bits per heavy atom. The number of ether oxygens (including phenoxy) is 1. The molecule has 0 aliphatic rings. The lowest BCUT2D eigenvalue weighted by Gasteiger charge is -2.03. The predicted octanol–water partition coefficient (Wildman–Crippen LogP) is -0.802. The molecule has 1 amide bonds. The Hall–Kier alpha value is -1.60. The Morgan fingerprint density at radius 2 is 1.80 bits per heavy atom. The molecule has 0 aromatic heterocycles. The summed E-state index contributed by atoms with van der Waals surface area (Å²) in [6.45, 7) is -0.255. The Kier molecular flexibility index (Phi) is 3.28. The molecule has 0 radical (unpaired) electrons. The van der Waals surface area contributed by atoms with Crippen molar-refractivity contribution in [2.45, 2.75) is 4.90 Å². The summed E-state index contributed by atoms with van der Waals surface area (Å²) in [4.78, 5) is 10.4. The predicted molar refractivity (Wildman–Crippen MR) is 52.5 cm³/mol. The molecule has 0 heterocycles. The van der Waals surface area contributed by atoms with Crippen LogP contribution in [0.15, 0.2) is 29.2 Å². The molecule has 82 valence electrons. The summed E-state index contributed by atoms with van der Waals surface area (Å²) in [7, 11) is -3.70. The van der Waals surface area contributed by atoms with E-state index in [1.807, 2.05) is 0 Å². The van der Waals surface area contributed by atoms with Gasteiger partial charge in [0.25, 0.3) is 5.91 Å². The van der Waals surface area contributed by atoms with Gasteiger partial charge in [0.1, 0.15) is 5.75 Å². The van der Waals surface area contributed by atoms with Gasteiger partial charge in [0.15, 0.2) is 6.61 Å². The average Bonchev–Trinajstić information content (AvgIpc) is 2.14. The van der Waals surface area contributed by atoms with Crippen LogP contribution in [0.3, 0.4) is 0 Å². The monoisotopic (exact) mass is 230 g/mol. The molecule has 1 aromatic carbocycles. The zero-order valence-electron chi connectivity index (χ0n) is 7.71. The minimum atomic E-state index is -3.70. The van der Waals surface area contributed by atoms with E-state index >= 15 is 0 Å². The summed E-state index contributed by atoms with van der Waals surface area (Å²) >= 11 is 0. The van der Waals surface area contributed by atoms with Gasteiger partial charge in [0.2, 0.25) is 10.0 Å². The maximum absolute atomic E-state index is 10.9. The Balaban J connectivity index is 2.77. The van der Waals surface area contributed by atoms with Crippen molar-refractivity contribution in [3.63, 3.8) is 0 Å². The highest BCUT2D eigenvalue weighted by atomic mass is 32.2. The van der Waals surface area contributed by atoms with Gasteiger partial charge in [-0.1, -0.05) is 0 Å². The zero-order valence-corrected chi connectivity index (χ0v) is 8.53. The number of amides is 1. The van der Waals surface area contributed by atoms with Gasteiger partial charge in [-0.2, -0.15) is 0 Å². The van der Waals surface area contributed by atoms with Gasteiger partial charge < -0.3 is 10.5 Å². The number of sulfonamides is 1. The van der Waals surface area contributed by atoms with Crippen molar-refractivity contribution < 1.29 is 17.9 Å². The fraction of sp³-hybridized carbons (Fsp3) is 0.125. The van der Waals surface area contributed by atoms with Crippen LogP contribution in [0.2, 0.25) is 0 Å². The molecular formula is C8H10N2O4S. The van der Waals surface area contributed by atoms with Crippen LogP contribution in [0.4, 0.5) is 0 Å². The SMILES string of the molecule is NC(=O)COc1ccc(S(N)(=O)=O)cc1. The Labute approximate surface area is 86.9 Å². The molecule has 0 saturated heterocycles. The first-order valence-electron chi connectivity index (χ1n) is 3.93. The summed E-state index contributed by atoms with van der Waals surface area (Å²) in [6, 6.07) is 5.35. The number of nitrogens with two attached hydrogens (primary N) is 2. The summed E-state index contributed by atoms with van der Waals surface area (Å²) in [5.41, 5.74) is 4.86. The van der Waals surface area contributed by atoms with Gasteiger partial charge in [-0.25, -0.2) is 13.6 Å². The summed E-state index contributed by atoms with van der Waals surface area (Å²) < 4.78 is 26.7. The lowest BCUT2D eigenvalue weighted by Crippen LogP contribution is -2.20. The van der Waals surface area contributed by atoms with Crippen LogP contribution < -0.4 is 15.6 Å². The van der Waals surface area contributed by atoms with Crippen LogP contribution in [0.25, 0.3) is 0 Å². The third kappa shape index (κ3) is 3.56. The van der Waals surface area contributed by atoms with Crippen LogP contribution >= 0.6 is 0 Å². The number of hydrogen-bond acceptors (Lipinski definition) is 4. The lowest BCUT2D eigenvalue weighted by atomic mass is 10.3. The normalized spacial score (nSPS) is 11.0. The van der Waals surface area contributed by atoms with Crippen LogP contribution in [-0.2, 0) is 14.8 Å². The van der Waals surface area contributed by atoms with Crippen molar-refractivity contribution in [3.8, 4) is 5.75 Å². The highest BCUT2D eigenvalue weighted by Crippen LogP contribution is 2.14.